The Hall–Kier alpha value is -0.540. The van der Waals surface area contributed by atoms with Gasteiger partial charge in [-0.2, -0.15) is 0 Å². The van der Waals surface area contributed by atoms with Crippen molar-refractivity contribution < 1.29 is 0 Å². The van der Waals surface area contributed by atoms with Crippen molar-refractivity contribution >= 4 is 35.2 Å². The van der Waals surface area contributed by atoms with E-state index in [0.717, 1.165) is 5.69 Å². The zero-order valence-corrected chi connectivity index (χ0v) is 8.76. The highest BCUT2D eigenvalue weighted by Gasteiger charge is 2.00. The molecule has 0 saturated carbocycles. The predicted octanol–water partition coefficient (Wildman–Crippen LogP) is 3.09. The van der Waals surface area contributed by atoms with Gasteiger partial charge in [-0.3, -0.25) is 0 Å². The van der Waals surface area contributed by atoms with Gasteiger partial charge in [-0.15, -0.1) is 11.8 Å². The quantitative estimate of drug-likeness (QED) is 0.591. The van der Waals surface area contributed by atoms with Crippen LogP contribution < -0.4 is 5.32 Å². The Morgan fingerprint density at radius 2 is 2.25 bits per heavy atom. The van der Waals surface area contributed by atoms with Crippen molar-refractivity contribution in [3.05, 3.63) is 23.8 Å². The summed E-state index contributed by atoms with van der Waals surface area (Å²) in [7, 11) is 0. The molecule has 1 N–H and O–H groups in total. The van der Waals surface area contributed by atoms with E-state index in [0.29, 0.717) is 0 Å². The molecule has 0 amide bonds. The fraction of sp³-hybridized carbons (Fsp3) is 0.222. The van der Waals surface area contributed by atoms with Crippen molar-refractivity contribution in [2.24, 2.45) is 0 Å². The lowest BCUT2D eigenvalue weighted by atomic mass is 10.2. The normalized spacial score (nSPS) is 9.50. The number of rotatable bonds is 3. The Balaban J connectivity index is 3.04. The number of thiocarbonyl (C=S) groups is 1. The van der Waals surface area contributed by atoms with Crippen molar-refractivity contribution in [2.45, 2.75) is 11.8 Å². The molecule has 0 bridgehead atoms. The van der Waals surface area contributed by atoms with E-state index >= 15 is 0 Å². The molecule has 1 rings (SSSR count). The van der Waals surface area contributed by atoms with E-state index in [-0.39, 0.29) is 0 Å². The maximum Gasteiger partial charge on any atom is 0.0659 e. The van der Waals surface area contributed by atoms with Crippen LogP contribution in [0.5, 0.6) is 0 Å². The van der Waals surface area contributed by atoms with E-state index < -0.39 is 0 Å². The minimum atomic E-state index is 1.09. The molecule has 1 aromatic rings. The predicted molar refractivity (Wildman–Crippen MR) is 60.2 cm³/mol. The molecule has 0 radical (unpaired) electrons. The van der Waals surface area contributed by atoms with Gasteiger partial charge in [0.25, 0.3) is 0 Å². The van der Waals surface area contributed by atoms with E-state index in [2.05, 4.69) is 24.6 Å². The van der Waals surface area contributed by atoms with Crippen molar-refractivity contribution in [2.75, 3.05) is 11.6 Å². The molecule has 0 aromatic heterocycles. The smallest absolute Gasteiger partial charge is 0.0659 e. The topological polar surface area (TPSA) is 12.0 Å². The molecule has 1 nitrogen and oxygen atoms in total. The van der Waals surface area contributed by atoms with Crippen LogP contribution in [0.3, 0.4) is 0 Å². The number of nitrogens with one attached hydrogen (secondary N) is 1. The first kappa shape index (κ1) is 9.55. The molecule has 0 aliphatic rings. The summed E-state index contributed by atoms with van der Waals surface area (Å²) in [5.41, 5.74) is 3.88. The molecule has 0 aliphatic carbocycles. The van der Waals surface area contributed by atoms with E-state index in [1.54, 1.807) is 11.8 Å². The highest BCUT2D eigenvalue weighted by molar-refractivity contribution is 7.98. The summed E-state index contributed by atoms with van der Waals surface area (Å²) >= 11 is 6.48. The Bertz CT molecular complexity index is 284. The molecule has 64 valence electrons. The SMILES string of the molecule is CSc1cccc(NC=S)c1C. The van der Waals surface area contributed by atoms with Crippen LogP contribution in [-0.2, 0) is 0 Å². The highest BCUT2D eigenvalue weighted by Crippen LogP contribution is 2.25. The third-order valence-electron chi connectivity index (χ3n) is 1.72. The van der Waals surface area contributed by atoms with E-state index in [1.165, 1.54) is 16.0 Å². The Kier molecular flexibility index (Phi) is 3.56. The van der Waals surface area contributed by atoms with Gasteiger partial charge in [-0.05, 0) is 30.9 Å². The Morgan fingerprint density at radius 3 is 2.83 bits per heavy atom. The van der Waals surface area contributed by atoms with E-state index in [9.17, 15) is 0 Å². The lowest BCUT2D eigenvalue weighted by Crippen LogP contribution is -1.95. The number of hydrogen-bond acceptors (Lipinski definition) is 2. The van der Waals surface area contributed by atoms with Crippen LogP contribution in [0.25, 0.3) is 0 Å². The number of benzene rings is 1. The van der Waals surface area contributed by atoms with Gasteiger partial charge in [0, 0.05) is 10.6 Å². The molecule has 0 atom stereocenters. The molecule has 0 spiro atoms. The zero-order valence-electron chi connectivity index (χ0n) is 7.13. The number of thioether (sulfide) groups is 1. The fourth-order valence-electron chi connectivity index (χ4n) is 1.06. The zero-order chi connectivity index (χ0) is 8.97. The Morgan fingerprint density at radius 1 is 1.50 bits per heavy atom. The summed E-state index contributed by atoms with van der Waals surface area (Å²) < 4.78 is 0. The molecule has 1 aromatic carbocycles. The second-order valence-electron chi connectivity index (χ2n) is 2.40. The van der Waals surface area contributed by atoms with Gasteiger partial charge in [0.15, 0.2) is 0 Å². The average molecular weight is 197 g/mol. The largest absolute Gasteiger partial charge is 0.352 e. The van der Waals surface area contributed by atoms with Crippen LogP contribution in [0.15, 0.2) is 23.1 Å². The van der Waals surface area contributed by atoms with Crippen molar-refractivity contribution in [3.63, 3.8) is 0 Å². The maximum atomic E-state index is 4.73. The van der Waals surface area contributed by atoms with Crippen LogP contribution in [0.1, 0.15) is 5.56 Å². The second-order valence-corrected chi connectivity index (χ2v) is 3.48. The minimum Gasteiger partial charge on any atom is -0.352 e. The number of anilines is 1. The van der Waals surface area contributed by atoms with E-state index in [4.69, 9.17) is 12.2 Å². The molecule has 12 heavy (non-hydrogen) atoms. The molecular formula is C9H11NS2. The van der Waals surface area contributed by atoms with Gasteiger partial charge in [0.05, 0.1) is 5.49 Å². The minimum absolute atomic E-state index is 1.09. The van der Waals surface area contributed by atoms with Crippen LogP contribution in [0.2, 0.25) is 0 Å². The Labute approximate surface area is 82.6 Å². The lowest BCUT2D eigenvalue weighted by Gasteiger charge is -2.07. The summed E-state index contributed by atoms with van der Waals surface area (Å²) in [5.74, 6) is 0. The summed E-state index contributed by atoms with van der Waals surface area (Å²) in [4.78, 5) is 1.29. The van der Waals surface area contributed by atoms with Crippen molar-refractivity contribution in [1.82, 2.24) is 0 Å². The molecule has 0 fully saturated rings. The maximum absolute atomic E-state index is 4.73. The second kappa shape index (κ2) is 4.48. The van der Waals surface area contributed by atoms with Gasteiger partial charge in [0.2, 0.25) is 0 Å². The van der Waals surface area contributed by atoms with Crippen molar-refractivity contribution in [3.8, 4) is 0 Å². The molecule has 0 aliphatic heterocycles. The molecule has 0 saturated heterocycles. The molecule has 0 heterocycles. The fourth-order valence-corrected chi connectivity index (χ4v) is 1.81. The van der Waals surface area contributed by atoms with Gasteiger partial charge in [-0.1, -0.05) is 18.3 Å². The first-order valence-corrected chi connectivity index (χ1v) is 5.33. The van der Waals surface area contributed by atoms with Gasteiger partial charge >= 0.3 is 0 Å². The van der Waals surface area contributed by atoms with Crippen LogP contribution in [0, 0.1) is 6.92 Å². The first-order valence-electron chi connectivity index (χ1n) is 3.63. The van der Waals surface area contributed by atoms with Crippen LogP contribution in [-0.4, -0.2) is 11.7 Å². The summed E-state index contributed by atoms with van der Waals surface area (Å²) in [6.45, 7) is 2.09. The van der Waals surface area contributed by atoms with Gasteiger partial charge in [0.1, 0.15) is 0 Å². The third-order valence-corrected chi connectivity index (χ3v) is 2.72. The van der Waals surface area contributed by atoms with Crippen molar-refractivity contribution in [1.29, 1.82) is 0 Å². The number of hydrogen-bond donors (Lipinski definition) is 1. The van der Waals surface area contributed by atoms with Gasteiger partial charge in [-0.25, -0.2) is 0 Å². The van der Waals surface area contributed by atoms with Gasteiger partial charge < -0.3 is 5.32 Å². The van der Waals surface area contributed by atoms with Crippen LogP contribution in [0.4, 0.5) is 5.69 Å². The highest BCUT2D eigenvalue weighted by atomic mass is 32.2. The summed E-state index contributed by atoms with van der Waals surface area (Å²) in [6.07, 6.45) is 2.07. The lowest BCUT2D eigenvalue weighted by molar-refractivity contribution is 1.31. The molecule has 0 unspecified atom stereocenters. The first-order chi connectivity index (χ1) is 5.79. The van der Waals surface area contributed by atoms with E-state index in [1.807, 2.05) is 12.1 Å². The third kappa shape index (κ3) is 1.99. The standard InChI is InChI=1S/C9H11NS2/c1-7-8(10-6-11)4-3-5-9(7)12-2/h3-6H,1-2H3,(H,10,11). The average Bonchev–Trinajstić information content (AvgIpc) is 2.09. The molecular weight excluding hydrogens is 186 g/mol. The summed E-state index contributed by atoms with van der Waals surface area (Å²) in [5, 5.41) is 3.03. The monoisotopic (exact) mass is 197 g/mol. The summed E-state index contributed by atoms with van der Waals surface area (Å²) in [6, 6.07) is 6.16. The van der Waals surface area contributed by atoms with Crippen LogP contribution >= 0.6 is 24.0 Å². The molecule has 3 heteroatoms.